The fourth-order valence-electron chi connectivity index (χ4n) is 6.09. The Balaban J connectivity index is 1.71. The topological polar surface area (TPSA) is 87.1 Å². The number of thioether (sulfide) groups is 1. The molecule has 7 atom stereocenters. The van der Waals surface area contributed by atoms with Crippen LogP contribution in [-0.2, 0) is 19.1 Å². The Morgan fingerprint density at radius 1 is 1.34 bits per heavy atom. The molecular weight excluding hydrogens is 592 g/mol. The van der Waals surface area contributed by atoms with Gasteiger partial charge in [-0.2, -0.15) is 0 Å². The number of anilines is 1. The van der Waals surface area contributed by atoms with Gasteiger partial charge in [0, 0.05) is 16.6 Å². The van der Waals surface area contributed by atoms with Crippen LogP contribution in [0.5, 0.6) is 0 Å². The zero-order valence-electron chi connectivity index (χ0n) is 21.4. The smallest absolute Gasteiger partial charge is 0.310 e. The number of ether oxygens (including phenoxy) is 1. The summed E-state index contributed by atoms with van der Waals surface area (Å²) in [5, 5.41) is 10.3. The van der Waals surface area contributed by atoms with Gasteiger partial charge in [0.25, 0.3) is 5.91 Å². The zero-order valence-corrected chi connectivity index (χ0v) is 24.6. The Kier molecular flexibility index (Phi) is 9.33. The molecule has 3 aliphatic rings. The first-order chi connectivity index (χ1) is 18.2. The van der Waals surface area contributed by atoms with Crippen molar-refractivity contribution < 1.29 is 24.2 Å². The molecule has 3 saturated heterocycles. The van der Waals surface area contributed by atoms with Crippen LogP contribution in [0.2, 0.25) is 5.02 Å². The van der Waals surface area contributed by atoms with E-state index < -0.39 is 34.6 Å². The first kappa shape index (κ1) is 29.2. The standard InChI is InChI=1S/C28H34BrClN2O5S/c1-4-6-7-10-14-37-27(36)21-22-25(34)32(17(3)16-33)24(28(22)15-18(29)23(21)38-28)26(35)31(13-5-2)20-12-9-8-11-19(20)30/h4-5,8-9,11-12,17-18,21-24,33H,1-2,6-7,10,13-16H2,3H3/t17-,18?,21+,22+,23+,24?,28?/m1/s1. The number of aliphatic hydroxyl groups excluding tert-OH is 1. The lowest BCUT2D eigenvalue weighted by Gasteiger charge is -2.39. The van der Waals surface area contributed by atoms with Crippen molar-refractivity contribution in [2.75, 3.05) is 24.7 Å². The van der Waals surface area contributed by atoms with Crippen LogP contribution in [-0.4, -0.2) is 74.5 Å². The Morgan fingerprint density at radius 2 is 2.08 bits per heavy atom. The molecule has 0 radical (unpaired) electrons. The molecule has 7 nitrogen and oxygen atoms in total. The molecular formula is C28H34BrClN2O5S. The molecule has 0 aliphatic carbocycles. The molecule has 3 heterocycles. The predicted molar refractivity (Wildman–Crippen MR) is 155 cm³/mol. The number of para-hydroxylation sites is 1. The van der Waals surface area contributed by atoms with Crippen LogP contribution in [0.25, 0.3) is 0 Å². The number of carbonyl (C=O) groups excluding carboxylic acids is 3. The van der Waals surface area contributed by atoms with Gasteiger partial charge < -0.3 is 19.6 Å². The number of likely N-dealkylation sites (tertiary alicyclic amines) is 1. The third-order valence-electron chi connectivity index (χ3n) is 7.74. The molecule has 1 aromatic rings. The second kappa shape index (κ2) is 12.1. The number of rotatable bonds is 12. The fraction of sp³-hybridized carbons (Fsp3) is 0.536. The highest BCUT2D eigenvalue weighted by molar-refractivity contribution is 9.09. The van der Waals surface area contributed by atoms with Crippen molar-refractivity contribution in [2.24, 2.45) is 11.8 Å². The van der Waals surface area contributed by atoms with Gasteiger partial charge in [-0.05, 0) is 44.7 Å². The number of aliphatic hydroxyl groups is 1. The molecule has 206 valence electrons. The molecule has 3 aliphatic heterocycles. The van der Waals surface area contributed by atoms with Gasteiger partial charge in [0.2, 0.25) is 5.91 Å². The highest BCUT2D eigenvalue weighted by Crippen LogP contribution is 2.68. The number of carbonyl (C=O) groups is 3. The Hall–Kier alpha value is -1.81. The van der Waals surface area contributed by atoms with E-state index in [2.05, 4.69) is 29.1 Å². The molecule has 1 N–H and O–H groups in total. The van der Waals surface area contributed by atoms with Crippen LogP contribution in [0.15, 0.2) is 49.6 Å². The number of hydrogen-bond donors (Lipinski definition) is 1. The maximum atomic E-state index is 14.4. The highest BCUT2D eigenvalue weighted by atomic mass is 79.9. The maximum absolute atomic E-state index is 14.4. The molecule has 0 saturated carbocycles. The van der Waals surface area contributed by atoms with E-state index in [1.807, 2.05) is 6.08 Å². The summed E-state index contributed by atoms with van der Waals surface area (Å²) in [5.74, 6) is -2.38. The maximum Gasteiger partial charge on any atom is 0.310 e. The second-order valence-electron chi connectivity index (χ2n) is 10.1. The van der Waals surface area contributed by atoms with Crippen molar-refractivity contribution in [3.05, 3.63) is 54.6 Å². The number of halogens is 2. The zero-order chi connectivity index (χ0) is 27.6. The van der Waals surface area contributed by atoms with Crippen molar-refractivity contribution in [1.82, 2.24) is 4.90 Å². The molecule has 2 bridgehead atoms. The minimum atomic E-state index is -0.890. The molecule has 38 heavy (non-hydrogen) atoms. The lowest BCUT2D eigenvalue weighted by atomic mass is 9.71. The van der Waals surface area contributed by atoms with E-state index >= 15 is 0 Å². The van der Waals surface area contributed by atoms with Crippen molar-refractivity contribution in [3.8, 4) is 0 Å². The SMILES string of the molecule is C=CCCCCOC(=O)[C@H]1[C@H]2C(=O)N([C@H](C)CO)C(C(=O)N(CC=C)c3ccccc3Cl)C23CC(Br)[C@@H]1S3. The number of esters is 1. The van der Waals surface area contributed by atoms with Crippen LogP contribution in [0.3, 0.4) is 0 Å². The molecule has 1 spiro atoms. The second-order valence-corrected chi connectivity index (χ2v) is 13.2. The van der Waals surface area contributed by atoms with Gasteiger partial charge in [0.1, 0.15) is 6.04 Å². The molecule has 1 aromatic carbocycles. The van der Waals surface area contributed by atoms with E-state index in [0.717, 1.165) is 12.8 Å². The van der Waals surface area contributed by atoms with E-state index in [0.29, 0.717) is 23.6 Å². The minimum absolute atomic E-state index is 0.0669. The number of alkyl halides is 1. The number of benzene rings is 1. The predicted octanol–water partition coefficient (Wildman–Crippen LogP) is 4.60. The summed E-state index contributed by atoms with van der Waals surface area (Å²) < 4.78 is 4.82. The van der Waals surface area contributed by atoms with E-state index in [9.17, 15) is 19.5 Å². The molecule has 4 rings (SSSR count). The summed E-state index contributed by atoms with van der Waals surface area (Å²) in [5.41, 5.74) is 0.520. The minimum Gasteiger partial charge on any atom is -0.465 e. The van der Waals surface area contributed by atoms with Crippen LogP contribution in [0.1, 0.15) is 32.6 Å². The molecule has 10 heteroatoms. The third-order valence-corrected chi connectivity index (χ3v) is 11.3. The number of unbranched alkanes of at least 4 members (excludes halogenated alkanes) is 2. The van der Waals surface area contributed by atoms with Crippen LogP contribution in [0.4, 0.5) is 5.69 Å². The highest BCUT2D eigenvalue weighted by Gasteiger charge is 2.76. The summed E-state index contributed by atoms with van der Waals surface area (Å²) in [6, 6.07) is 5.55. The fourth-order valence-corrected chi connectivity index (χ4v) is 9.91. The van der Waals surface area contributed by atoms with Gasteiger partial charge in [0.15, 0.2) is 0 Å². The monoisotopic (exact) mass is 624 g/mol. The normalized spacial score (nSPS) is 30.2. The summed E-state index contributed by atoms with van der Waals surface area (Å²) >= 11 is 11.8. The van der Waals surface area contributed by atoms with E-state index in [4.69, 9.17) is 16.3 Å². The Bertz CT molecular complexity index is 1100. The summed E-state index contributed by atoms with van der Waals surface area (Å²) in [6.45, 7) is 9.41. The largest absolute Gasteiger partial charge is 0.465 e. The Morgan fingerprint density at radius 3 is 2.74 bits per heavy atom. The quantitative estimate of drug-likeness (QED) is 0.158. The van der Waals surface area contributed by atoms with Gasteiger partial charge in [-0.25, -0.2) is 0 Å². The lowest BCUT2D eigenvalue weighted by Crippen LogP contribution is -2.57. The third kappa shape index (κ3) is 4.95. The van der Waals surface area contributed by atoms with Crippen molar-refractivity contribution >= 4 is 62.8 Å². The number of hydrogen-bond acceptors (Lipinski definition) is 6. The first-order valence-electron chi connectivity index (χ1n) is 12.9. The van der Waals surface area contributed by atoms with Crippen molar-refractivity contribution in [2.45, 2.75) is 59.5 Å². The number of fused-ring (bicyclic) bond motifs is 1. The van der Waals surface area contributed by atoms with Crippen LogP contribution >= 0.6 is 39.3 Å². The van der Waals surface area contributed by atoms with E-state index in [-0.39, 0.29) is 41.6 Å². The number of amides is 2. The number of nitrogens with zero attached hydrogens (tertiary/aromatic N) is 2. The van der Waals surface area contributed by atoms with Crippen LogP contribution in [0, 0.1) is 11.8 Å². The van der Waals surface area contributed by atoms with Gasteiger partial charge >= 0.3 is 5.97 Å². The van der Waals surface area contributed by atoms with E-state index in [1.54, 1.807) is 42.2 Å². The van der Waals surface area contributed by atoms with Crippen molar-refractivity contribution in [1.29, 1.82) is 0 Å². The molecule has 2 amide bonds. The average molecular weight is 626 g/mol. The van der Waals surface area contributed by atoms with Gasteiger partial charge in [0.05, 0.1) is 46.5 Å². The lowest BCUT2D eigenvalue weighted by molar-refractivity contribution is -0.154. The molecule has 3 fully saturated rings. The van der Waals surface area contributed by atoms with Gasteiger partial charge in [-0.1, -0.05) is 51.8 Å². The summed E-state index contributed by atoms with van der Waals surface area (Å²) in [7, 11) is 0. The van der Waals surface area contributed by atoms with Gasteiger partial charge in [-0.15, -0.1) is 24.9 Å². The number of allylic oxidation sites excluding steroid dienone is 1. The first-order valence-corrected chi connectivity index (χ1v) is 15.1. The van der Waals surface area contributed by atoms with E-state index in [1.165, 1.54) is 16.7 Å². The Labute approximate surface area is 241 Å². The summed E-state index contributed by atoms with van der Waals surface area (Å²) in [4.78, 5) is 44.9. The molecule has 0 aromatic heterocycles. The van der Waals surface area contributed by atoms with Gasteiger partial charge in [-0.3, -0.25) is 14.4 Å². The van der Waals surface area contributed by atoms with Crippen LogP contribution < -0.4 is 4.90 Å². The summed E-state index contributed by atoms with van der Waals surface area (Å²) in [6.07, 6.45) is 6.41. The molecule has 3 unspecified atom stereocenters. The average Bonchev–Trinajstić information content (AvgIpc) is 3.50. The van der Waals surface area contributed by atoms with Crippen molar-refractivity contribution in [3.63, 3.8) is 0 Å².